The lowest BCUT2D eigenvalue weighted by Gasteiger charge is -2.31. The molecule has 0 atom stereocenters. The van der Waals surface area contributed by atoms with E-state index in [9.17, 15) is 9.59 Å². The van der Waals surface area contributed by atoms with E-state index >= 15 is 0 Å². The fourth-order valence-corrected chi connectivity index (χ4v) is 4.28. The van der Waals surface area contributed by atoms with E-state index in [1.165, 1.54) is 25.3 Å². The van der Waals surface area contributed by atoms with Gasteiger partial charge in [-0.05, 0) is 43.9 Å². The van der Waals surface area contributed by atoms with E-state index in [1.807, 2.05) is 36.2 Å². The summed E-state index contributed by atoms with van der Waals surface area (Å²) in [7, 11) is 1.95. The van der Waals surface area contributed by atoms with Crippen LogP contribution in [0.25, 0.3) is 11.0 Å². The minimum Gasteiger partial charge on any atom is -0.353 e. The van der Waals surface area contributed by atoms with Gasteiger partial charge in [0.05, 0.1) is 11.0 Å². The number of fused-ring (bicyclic) bond motifs is 1. The molecule has 0 bridgehead atoms. The van der Waals surface area contributed by atoms with Gasteiger partial charge in [0.15, 0.2) is 0 Å². The molecule has 0 unspecified atom stereocenters. The molecule has 6 nitrogen and oxygen atoms in total. The second-order valence-electron chi connectivity index (χ2n) is 8.21. The topological polar surface area (TPSA) is 67.2 Å². The van der Waals surface area contributed by atoms with Gasteiger partial charge in [0.1, 0.15) is 12.4 Å². The highest BCUT2D eigenvalue weighted by Crippen LogP contribution is 2.23. The first-order valence-corrected chi connectivity index (χ1v) is 11.2. The molecule has 0 saturated heterocycles. The summed E-state index contributed by atoms with van der Waals surface area (Å²) < 4.78 is 2.09. The predicted molar refractivity (Wildman–Crippen MR) is 120 cm³/mol. The Morgan fingerprint density at radius 3 is 2.73 bits per heavy atom. The highest BCUT2D eigenvalue weighted by molar-refractivity contribution is 5.86. The molecule has 1 N–H and O–H groups in total. The molecular weight excluding hydrogens is 376 g/mol. The number of imidazole rings is 1. The van der Waals surface area contributed by atoms with E-state index in [1.54, 1.807) is 0 Å². The predicted octanol–water partition coefficient (Wildman–Crippen LogP) is 3.84. The summed E-state index contributed by atoms with van der Waals surface area (Å²) >= 11 is 0. The van der Waals surface area contributed by atoms with E-state index < -0.39 is 0 Å². The average molecular weight is 411 g/mol. The van der Waals surface area contributed by atoms with Crippen molar-refractivity contribution in [1.82, 2.24) is 19.8 Å². The normalized spacial score (nSPS) is 14.6. The molecule has 0 aliphatic heterocycles. The van der Waals surface area contributed by atoms with E-state index in [0.717, 1.165) is 55.4 Å². The zero-order valence-electron chi connectivity index (χ0n) is 18.1. The minimum absolute atomic E-state index is 0.127. The third-order valence-electron chi connectivity index (χ3n) is 6.10. The number of likely N-dealkylation sites (N-methyl/N-ethyl adjacent to an activating group) is 1. The number of nitrogens with zero attached hydrogens (tertiary/aromatic N) is 3. The lowest BCUT2D eigenvalue weighted by atomic mass is 9.94. The van der Waals surface area contributed by atoms with E-state index in [2.05, 4.69) is 16.5 Å². The van der Waals surface area contributed by atoms with Crippen molar-refractivity contribution in [2.45, 2.75) is 70.4 Å². The fourth-order valence-electron chi connectivity index (χ4n) is 4.28. The molecule has 1 fully saturated rings. The number of nitrogens with one attached hydrogen (secondary N) is 1. The Hall–Kier alpha value is -2.63. The van der Waals surface area contributed by atoms with Gasteiger partial charge in [-0.15, -0.1) is 0 Å². The van der Waals surface area contributed by atoms with Crippen LogP contribution >= 0.6 is 0 Å². The molecule has 2 aromatic rings. The first-order valence-electron chi connectivity index (χ1n) is 11.2. The summed E-state index contributed by atoms with van der Waals surface area (Å²) in [5.41, 5.74) is 1.97. The van der Waals surface area contributed by atoms with Gasteiger partial charge in [0.2, 0.25) is 11.8 Å². The van der Waals surface area contributed by atoms with Gasteiger partial charge in [0.25, 0.3) is 0 Å². The largest absolute Gasteiger partial charge is 0.353 e. The summed E-state index contributed by atoms with van der Waals surface area (Å²) in [6.07, 6.45) is 11.0. The number of hydrogen-bond donors (Lipinski definition) is 1. The van der Waals surface area contributed by atoms with Gasteiger partial charge in [-0.25, -0.2) is 4.98 Å². The molecule has 1 heterocycles. The quantitative estimate of drug-likeness (QED) is 0.478. The zero-order valence-corrected chi connectivity index (χ0v) is 18.1. The maximum Gasteiger partial charge on any atom is 0.243 e. The molecule has 162 valence electrons. The van der Waals surface area contributed by atoms with Crippen molar-refractivity contribution in [2.24, 2.45) is 0 Å². The van der Waals surface area contributed by atoms with Crippen molar-refractivity contribution < 1.29 is 9.59 Å². The smallest absolute Gasteiger partial charge is 0.243 e. The molecule has 0 spiro atoms. The Kier molecular flexibility index (Phi) is 8.05. The number of rotatable bonds is 10. The molecule has 1 aliphatic carbocycles. The Morgan fingerprint density at radius 1 is 1.20 bits per heavy atom. The zero-order chi connectivity index (χ0) is 21.3. The number of para-hydroxylation sites is 2. The van der Waals surface area contributed by atoms with Crippen LogP contribution in [0.5, 0.6) is 0 Å². The number of amides is 2. The molecule has 3 rings (SSSR count). The minimum atomic E-state index is -0.127. The molecule has 1 aromatic carbocycles. The van der Waals surface area contributed by atoms with E-state index in [-0.39, 0.29) is 11.8 Å². The van der Waals surface area contributed by atoms with Crippen LogP contribution in [0.1, 0.15) is 57.2 Å². The molecule has 1 aliphatic rings. The Morgan fingerprint density at radius 2 is 1.97 bits per heavy atom. The van der Waals surface area contributed by atoms with Crippen molar-refractivity contribution in [2.75, 3.05) is 13.6 Å². The number of aromatic nitrogens is 2. The number of hydrogen-bond acceptors (Lipinski definition) is 3. The maximum absolute atomic E-state index is 13.0. The number of aryl methyl sites for hydroxylation is 1. The van der Waals surface area contributed by atoms with Crippen LogP contribution in [-0.2, 0) is 22.6 Å². The first-order chi connectivity index (χ1) is 14.6. The van der Waals surface area contributed by atoms with Crippen molar-refractivity contribution in [1.29, 1.82) is 0 Å². The Balaban J connectivity index is 1.62. The third-order valence-corrected chi connectivity index (χ3v) is 6.10. The van der Waals surface area contributed by atoms with Gasteiger partial charge in [-0.1, -0.05) is 44.4 Å². The summed E-state index contributed by atoms with van der Waals surface area (Å²) in [5, 5.41) is 2.81. The third kappa shape index (κ3) is 5.71. The molecule has 1 aromatic heterocycles. The standard InChI is InChI=1S/C24H34N4O2/c1-3-23(29)25-17-11-5-8-16-22-26-20-14-9-10-15-21(20)28(22)18-24(30)27(2)19-12-6-4-7-13-19/h3,9-10,14-15,19H,1,4-8,11-13,16-18H2,2H3,(H,25,29). The average Bonchev–Trinajstić information content (AvgIpc) is 3.13. The summed E-state index contributed by atoms with van der Waals surface area (Å²) in [6, 6.07) is 8.42. The fraction of sp³-hybridized carbons (Fsp3) is 0.542. The number of carbonyl (C=O) groups excluding carboxylic acids is 2. The maximum atomic E-state index is 13.0. The Bertz CT molecular complexity index is 867. The van der Waals surface area contributed by atoms with Gasteiger partial charge in [0, 0.05) is 26.1 Å². The second-order valence-corrected chi connectivity index (χ2v) is 8.21. The molecule has 6 heteroatoms. The number of carbonyl (C=O) groups is 2. The molecular formula is C24H34N4O2. The van der Waals surface area contributed by atoms with E-state index in [0.29, 0.717) is 19.1 Å². The van der Waals surface area contributed by atoms with Crippen LogP contribution in [0.2, 0.25) is 0 Å². The summed E-state index contributed by atoms with van der Waals surface area (Å²) in [6.45, 7) is 4.46. The second kappa shape index (κ2) is 11.0. The SMILES string of the molecule is C=CC(=O)NCCCCCc1nc2ccccc2n1CC(=O)N(C)C1CCCCC1. The van der Waals surface area contributed by atoms with Crippen LogP contribution in [0.4, 0.5) is 0 Å². The molecule has 2 amide bonds. The number of unbranched alkanes of at least 4 members (excludes halogenated alkanes) is 2. The lowest BCUT2D eigenvalue weighted by Crippen LogP contribution is -2.40. The monoisotopic (exact) mass is 410 g/mol. The van der Waals surface area contributed by atoms with Gasteiger partial charge < -0.3 is 14.8 Å². The van der Waals surface area contributed by atoms with Crippen LogP contribution in [0, 0.1) is 0 Å². The van der Waals surface area contributed by atoms with Crippen LogP contribution in [0.15, 0.2) is 36.9 Å². The summed E-state index contributed by atoms with van der Waals surface area (Å²) in [5.74, 6) is 1.01. The van der Waals surface area contributed by atoms with Crippen molar-refractivity contribution in [3.05, 3.63) is 42.7 Å². The highest BCUT2D eigenvalue weighted by atomic mass is 16.2. The van der Waals surface area contributed by atoms with Gasteiger partial charge >= 0.3 is 0 Å². The number of benzene rings is 1. The molecule has 1 saturated carbocycles. The highest BCUT2D eigenvalue weighted by Gasteiger charge is 2.23. The summed E-state index contributed by atoms with van der Waals surface area (Å²) in [4.78, 5) is 31.0. The first kappa shape index (κ1) is 22.1. The van der Waals surface area contributed by atoms with Gasteiger partial charge in [-0.2, -0.15) is 0 Å². The van der Waals surface area contributed by atoms with Crippen molar-refractivity contribution >= 4 is 22.8 Å². The molecule has 30 heavy (non-hydrogen) atoms. The lowest BCUT2D eigenvalue weighted by molar-refractivity contribution is -0.133. The molecule has 0 radical (unpaired) electrons. The van der Waals surface area contributed by atoms with Crippen LogP contribution < -0.4 is 5.32 Å². The van der Waals surface area contributed by atoms with Crippen molar-refractivity contribution in [3.8, 4) is 0 Å². The van der Waals surface area contributed by atoms with E-state index in [4.69, 9.17) is 4.98 Å². The van der Waals surface area contributed by atoms with Crippen LogP contribution in [0.3, 0.4) is 0 Å². The van der Waals surface area contributed by atoms with Gasteiger partial charge in [-0.3, -0.25) is 9.59 Å². The Labute approximate surface area is 179 Å². The van der Waals surface area contributed by atoms with Crippen molar-refractivity contribution in [3.63, 3.8) is 0 Å². The van der Waals surface area contributed by atoms with Crippen LogP contribution in [-0.4, -0.2) is 45.9 Å².